The number of aromatic nitrogens is 2. The molecule has 1 N–H and O–H groups in total. The Morgan fingerprint density at radius 1 is 0.875 bits per heavy atom. The molecule has 1 aromatic heterocycles. The lowest BCUT2D eigenvalue weighted by Crippen LogP contribution is -2.08. The first-order valence-corrected chi connectivity index (χ1v) is 7.68. The van der Waals surface area contributed by atoms with Crippen LogP contribution in [0.25, 0.3) is 11.3 Å². The number of nitrogens with zero attached hydrogens (tertiary/aromatic N) is 4. The molecule has 0 saturated heterocycles. The van der Waals surface area contributed by atoms with Crippen molar-refractivity contribution in [2.75, 3.05) is 24.4 Å². The molecule has 5 nitrogen and oxygen atoms in total. The summed E-state index contributed by atoms with van der Waals surface area (Å²) < 4.78 is 0. The highest BCUT2D eigenvalue weighted by Crippen LogP contribution is 2.16. The van der Waals surface area contributed by atoms with Crippen molar-refractivity contribution < 1.29 is 0 Å². The number of anilines is 2. The van der Waals surface area contributed by atoms with Crippen LogP contribution in [-0.2, 0) is 0 Å². The number of benzene rings is 2. The van der Waals surface area contributed by atoms with Crippen molar-refractivity contribution in [1.82, 2.24) is 10.2 Å². The molecule has 0 unspecified atom stereocenters. The van der Waals surface area contributed by atoms with Gasteiger partial charge < -0.3 is 4.90 Å². The Kier molecular flexibility index (Phi) is 4.81. The summed E-state index contributed by atoms with van der Waals surface area (Å²) in [5.74, 6) is 0.607. The number of hydrogen-bond acceptors (Lipinski definition) is 5. The van der Waals surface area contributed by atoms with Gasteiger partial charge in [0.2, 0.25) is 0 Å². The molecule has 5 heteroatoms. The Bertz CT molecular complexity index is 793. The van der Waals surface area contributed by atoms with Gasteiger partial charge in [0.1, 0.15) is 0 Å². The Morgan fingerprint density at radius 3 is 2.25 bits per heavy atom. The van der Waals surface area contributed by atoms with E-state index in [1.807, 2.05) is 68.7 Å². The first-order chi connectivity index (χ1) is 11.7. The second kappa shape index (κ2) is 7.37. The fourth-order valence-electron chi connectivity index (χ4n) is 2.19. The molecule has 0 atom stereocenters. The van der Waals surface area contributed by atoms with Crippen LogP contribution in [0.2, 0.25) is 0 Å². The van der Waals surface area contributed by atoms with Gasteiger partial charge in [-0.05, 0) is 29.8 Å². The molecule has 24 heavy (non-hydrogen) atoms. The predicted molar refractivity (Wildman–Crippen MR) is 99.5 cm³/mol. The minimum absolute atomic E-state index is 0.607. The minimum Gasteiger partial charge on any atom is -0.378 e. The van der Waals surface area contributed by atoms with Crippen molar-refractivity contribution >= 4 is 17.7 Å². The number of hydrazone groups is 1. The maximum Gasteiger partial charge on any atom is 0.168 e. The van der Waals surface area contributed by atoms with Crippen molar-refractivity contribution in [1.29, 1.82) is 0 Å². The van der Waals surface area contributed by atoms with E-state index in [2.05, 4.69) is 37.8 Å². The molecule has 0 aliphatic heterocycles. The highest BCUT2D eigenvalue weighted by atomic mass is 15.3. The second-order valence-electron chi connectivity index (χ2n) is 5.53. The molecule has 0 radical (unpaired) electrons. The van der Waals surface area contributed by atoms with Gasteiger partial charge in [0.25, 0.3) is 0 Å². The molecule has 2 aromatic carbocycles. The quantitative estimate of drug-likeness (QED) is 0.576. The zero-order valence-electron chi connectivity index (χ0n) is 13.7. The molecule has 1 heterocycles. The molecule has 0 bridgehead atoms. The molecule has 0 aliphatic rings. The summed E-state index contributed by atoms with van der Waals surface area (Å²) in [6.07, 6.45) is 1.76. The van der Waals surface area contributed by atoms with Crippen LogP contribution in [0.15, 0.2) is 71.8 Å². The number of rotatable bonds is 5. The predicted octanol–water partition coefficient (Wildman–Crippen LogP) is 3.66. The molecular formula is C19H19N5. The van der Waals surface area contributed by atoms with Gasteiger partial charge >= 0.3 is 0 Å². The summed E-state index contributed by atoms with van der Waals surface area (Å²) in [5.41, 5.74) is 6.95. The molecule has 0 spiro atoms. The van der Waals surface area contributed by atoms with E-state index < -0.39 is 0 Å². The monoisotopic (exact) mass is 317 g/mol. The van der Waals surface area contributed by atoms with Crippen LogP contribution in [-0.4, -0.2) is 30.5 Å². The standard InChI is InChI=1S/C19H19N5/c1-24(2)17-10-8-15(9-11-17)14-20-22-19-13-12-18(21-23-19)16-6-4-3-5-7-16/h3-14H,1-2H3,(H,22,23)/b20-14+. The summed E-state index contributed by atoms with van der Waals surface area (Å²) in [4.78, 5) is 2.06. The molecule has 120 valence electrons. The SMILES string of the molecule is CN(C)c1ccc(/C=N/Nc2ccc(-c3ccccc3)nn2)cc1. The number of hydrogen-bond donors (Lipinski definition) is 1. The van der Waals surface area contributed by atoms with Crippen LogP contribution >= 0.6 is 0 Å². The Morgan fingerprint density at radius 2 is 1.62 bits per heavy atom. The van der Waals surface area contributed by atoms with Crippen molar-refractivity contribution in [3.63, 3.8) is 0 Å². The van der Waals surface area contributed by atoms with Crippen molar-refractivity contribution in [3.8, 4) is 11.3 Å². The van der Waals surface area contributed by atoms with Gasteiger partial charge in [0.05, 0.1) is 11.9 Å². The molecule has 0 saturated carbocycles. The van der Waals surface area contributed by atoms with Crippen molar-refractivity contribution in [3.05, 3.63) is 72.3 Å². The van der Waals surface area contributed by atoms with Gasteiger partial charge in [-0.3, -0.25) is 5.43 Å². The van der Waals surface area contributed by atoms with E-state index in [0.29, 0.717) is 5.82 Å². The summed E-state index contributed by atoms with van der Waals surface area (Å²) in [6.45, 7) is 0. The van der Waals surface area contributed by atoms with Crippen molar-refractivity contribution in [2.45, 2.75) is 0 Å². The van der Waals surface area contributed by atoms with Crippen LogP contribution in [0.3, 0.4) is 0 Å². The highest BCUT2D eigenvalue weighted by molar-refractivity contribution is 5.80. The fourth-order valence-corrected chi connectivity index (χ4v) is 2.19. The largest absolute Gasteiger partial charge is 0.378 e. The van der Waals surface area contributed by atoms with Gasteiger partial charge in [-0.25, -0.2) is 0 Å². The summed E-state index contributed by atoms with van der Waals surface area (Å²) in [6, 6.07) is 21.9. The van der Waals surface area contributed by atoms with E-state index in [0.717, 1.165) is 22.5 Å². The maximum absolute atomic E-state index is 4.21. The molecular weight excluding hydrogens is 298 g/mol. The Labute approximate surface area is 141 Å². The third kappa shape index (κ3) is 3.95. The topological polar surface area (TPSA) is 53.4 Å². The van der Waals surface area contributed by atoms with Crippen LogP contribution in [0.1, 0.15) is 5.56 Å². The summed E-state index contributed by atoms with van der Waals surface area (Å²) in [5, 5.41) is 12.6. The van der Waals surface area contributed by atoms with Crippen LogP contribution in [0.4, 0.5) is 11.5 Å². The van der Waals surface area contributed by atoms with E-state index in [4.69, 9.17) is 0 Å². The summed E-state index contributed by atoms with van der Waals surface area (Å²) in [7, 11) is 4.03. The lowest BCUT2D eigenvalue weighted by atomic mass is 10.1. The van der Waals surface area contributed by atoms with E-state index in [-0.39, 0.29) is 0 Å². The fraction of sp³-hybridized carbons (Fsp3) is 0.105. The van der Waals surface area contributed by atoms with Crippen molar-refractivity contribution in [2.24, 2.45) is 5.10 Å². The zero-order valence-corrected chi connectivity index (χ0v) is 13.7. The molecule has 0 aliphatic carbocycles. The summed E-state index contributed by atoms with van der Waals surface area (Å²) >= 11 is 0. The Balaban J connectivity index is 1.62. The zero-order chi connectivity index (χ0) is 16.8. The highest BCUT2D eigenvalue weighted by Gasteiger charge is 1.99. The molecule has 0 fully saturated rings. The van der Waals surface area contributed by atoms with E-state index in [9.17, 15) is 0 Å². The normalized spacial score (nSPS) is 10.8. The van der Waals surface area contributed by atoms with Gasteiger partial charge in [-0.15, -0.1) is 10.2 Å². The smallest absolute Gasteiger partial charge is 0.168 e. The number of nitrogens with one attached hydrogen (secondary N) is 1. The van der Waals surface area contributed by atoms with E-state index in [1.165, 1.54) is 0 Å². The Hall–Kier alpha value is -3.21. The average molecular weight is 317 g/mol. The molecule has 0 amide bonds. The molecule has 3 aromatic rings. The third-order valence-electron chi connectivity index (χ3n) is 3.54. The third-order valence-corrected chi connectivity index (χ3v) is 3.54. The average Bonchev–Trinajstić information content (AvgIpc) is 2.63. The van der Waals surface area contributed by atoms with Crippen LogP contribution in [0, 0.1) is 0 Å². The lowest BCUT2D eigenvalue weighted by Gasteiger charge is -2.11. The molecule has 3 rings (SSSR count). The first kappa shape index (κ1) is 15.7. The van der Waals surface area contributed by atoms with E-state index >= 15 is 0 Å². The lowest BCUT2D eigenvalue weighted by molar-refractivity contribution is 1.03. The second-order valence-corrected chi connectivity index (χ2v) is 5.53. The first-order valence-electron chi connectivity index (χ1n) is 7.68. The van der Waals surface area contributed by atoms with Crippen LogP contribution < -0.4 is 10.3 Å². The van der Waals surface area contributed by atoms with Gasteiger partial charge in [-0.2, -0.15) is 5.10 Å². The van der Waals surface area contributed by atoms with Gasteiger partial charge in [-0.1, -0.05) is 42.5 Å². The van der Waals surface area contributed by atoms with E-state index in [1.54, 1.807) is 6.21 Å². The van der Waals surface area contributed by atoms with Crippen LogP contribution in [0.5, 0.6) is 0 Å². The van der Waals surface area contributed by atoms with Gasteiger partial charge in [0.15, 0.2) is 5.82 Å². The maximum atomic E-state index is 4.21. The van der Waals surface area contributed by atoms with Gasteiger partial charge in [0, 0.05) is 25.3 Å². The minimum atomic E-state index is 0.607.